The summed E-state index contributed by atoms with van der Waals surface area (Å²) < 4.78 is 0. The molecule has 0 amide bonds. The zero-order valence-electron chi connectivity index (χ0n) is 10.8. The third-order valence-electron chi connectivity index (χ3n) is 2.26. The predicted octanol–water partition coefficient (Wildman–Crippen LogP) is 4.89. The minimum absolute atomic E-state index is 0.833. The number of hydrogen-bond acceptors (Lipinski definition) is 2. The molecule has 0 aliphatic heterocycles. The Balaban J connectivity index is 3.63. The Labute approximate surface area is 105 Å². The summed E-state index contributed by atoms with van der Waals surface area (Å²) in [6.07, 6.45) is 10.1. The molecule has 0 spiro atoms. The van der Waals surface area contributed by atoms with E-state index in [1.807, 2.05) is 11.8 Å². The van der Waals surface area contributed by atoms with Gasteiger partial charge in [-0.15, -0.1) is 0 Å². The normalized spacial score (nSPS) is 13.4. The molecule has 0 aromatic carbocycles. The van der Waals surface area contributed by atoms with Gasteiger partial charge in [-0.05, 0) is 42.9 Å². The average molecular weight is 247 g/mol. The van der Waals surface area contributed by atoms with Crippen LogP contribution in [0.15, 0.2) is 0 Å². The standard InChI is InChI=1S/C13H27S2/c1-5-6-8-13(9-7-10-14-4)15-11-12(2)3/h7,12-13H,5-6,8-11H2,1-4H3. The van der Waals surface area contributed by atoms with Crippen molar-refractivity contribution in [1.82, 2.24) is 0 Å². The Bertz CT molecular complexity index is 124. The summed E-state index contributed by atoms with van der Waals surface area (Å²) in [6.45, 7) is 6.92. The van der Waals surface area contributed by atoms with E-state index in [2.05, 4.69) is 45.2 Å². The van der Waals surface area contributed by atoms with Crippen LogP contribution in [0.25, 0.3) is 0 Å². The second kappa shape index (κ2) is 11.2. The topological polar surface area (TPSA) is 0 Å². The van der Waals surface area contributed by atoms with E-state index in [0.29, 0.717) is 0 Å². The van der Waals surface area contributed by atoms with Crippen molar-refractivity contribution in [2.75, 3.05) is 17.8 Å². The maximum absolute atomic E-state index is 2.46. The molecule has 0 N–H and O–H groups in total. The second-order valence-electron chi connectivity index (χ2n) is 4.47. The molecule has 0 aromatic rings. The van der Waals surface area contributed by atoms with Crippen LogP contribution in [0.5, 0.6) is 0 Å². The van der Waals surface area contributed by atoms with Crippen LogP contribution in [0.4, 0.5) is 0 Å². The molecule has 0 fully saturated rings. The summed E-state index contributed by atoms with van der Waals surface area (Å²) in [6, 6.07) is 0. The van der Waals surface area contributed by atoms with Crippen molar-refractivity contribution in [3.63, 3.8) is 0 Å². The van der Waals surface area contributed by atoms with E-state index in [1.54, 1.807) is 0 Å². The number of rotatable bonds is 10. The van der Waals surface area contributed by atoms with Crippen LogP contribution in [0.3, 0.4) is 0 Å². The highest BCUT2D eigenvalue weighted by Crippen LogP contribution is 2.24. The van der Waals surface area contributed by atoms with Crippen molar-refractivity contribution in [2.45, 2.75) is 51.7 Å². The molecule has 0 aliphatic carbocycles. The first-order valence-electron chi connectivity index (χ1n) is 6.12. The monoisotopic (exact) mass is 247 g/mol. The lowest BCUT2D eigenvalue weighted by Gasteiger charge is -2.17. The second-order valence-corrected chi connectivity index (χ2v) is 6.72. The van der Waals surface area contributed by atoms with Gasteiger partial charge in [0.1, 0.15) is 0 Å². The lowest BCUT2D eigenvalue weighted by atomic mass is 10.1. The van der Waals surface area contributed by atoms with Crippen LogP contribution in [0, 0.1) is 12.3 Å². The van der Waals surface area contributed by atoms with Gasteiger partial charge in [-0.25, -0.2) is 0 Å². The first-order chi connectivity index (χ1) is 7.20. The molecule has 0 nitrogen and oxygen atoms in total. The number of unbranched alkanes of at least 4 members (excludes halogenated alkanes) is 1. The minimum atomic E-state index is 0.833. The Hall–Kier alpha value is 0.700. The van der Waals surface area contributed by atoms with Gasteiger partial charge in [0.15, 0.2) is 0 Å². The zero-order chi connectivity index (χ0) is 11.5. The van der Waals surface area contributed by atoms with Crippen LogP contribution in [0.2, 0.25) is 0 Å². The summed E-state index contributed by atoms with van der Waals surface area (Å²) >= 11 is 4.11. The molecule has 0 heterocycles. The number of thioether (sulfide) groups is 2. The largest absolute Gasteiger partial charge is 0.165 e. The first kappa shape index (κ1) is 15.7. The Morgan fingerprint density at radius 2 is 2.00 bits per heavy atom. The van der Waals surface area contributed by atoms with E-state index in [9.17, 15) is 0 Å². The van der Waals surface area contributed by atoms with Crippen LogP contribution in [-0.2, 0) is 0 Å². The molecule has 1 radical (unpaired) electrons. The fourth-order valence-corrected chi connectivity index (χ4v) is 3.04. The first-order valence-corrected chi connectivity index (χ1v) is 8.57. The Morgan fingerprint density at radius 3 is 2.53 bits per heavy atom. The third kappa shape index (κ3) is 11.0. The molecule has 1 atom stereocenters. The van der Waals surface area contributed by atoms with Gasteiger partial charge in [0, 0.05) is 5.25 Å². The molecule has 1 unspecified atom stereocenters. The SMILES string of the molecule is CCCCC(C[CH]CSC)SCC(C)C. The van der Waals surface area contributed by atoms with Gasteiger partial charge in [-0.1, -0.05) is 33.6 Å². The van der Waals surface area contributed by atoms with Gasteiger partial charge in [0.05, 0.1) is 0 Å². The van der Waals surface area contributed by atoms with Gasteiger partial charge < -0.3 is 0 Å². The summed E-state index contributed by atoms with van der Waals surface area (Å²) in [7, 11) is 0. The van der Waals surface area contributed by atoms with Gasteiger partial charge in [0.25, 0.3) is 0 Å². The Kier molecular flexibility index (Phi) is 11.7. The van der Waals surface area contributed by atoms with Gasteiger partial charge in [-0.2, -0.15) is 23.5 Å². The van der Waals surface area contributed by atoms with Crippen molar-refractivity contribution >= 4 is 23.5 Å². The molecule has 0 bridgehead atoms. The zero-order valence-corrected chi connectivity index (χ0v) is 12.4. The van der Waals surface area contributed by atoms with E-state index in [4.69, 9.17) is 0 Å². The maximum Gasteiger partial charge on any atom is 0.00501 e. The smallest absolute Gasteiger partial charge is 0.00501 e. The minimum Gasteiger partial charge on any atom is -0.165 e. The van der Waals surface area contributed by atoms with Crippen molar-refractivity contribution in [3.05, 3.63) is 6.42 Å². The molecular weight excluding hydrogens is 220 g/mol. The predicted molar refractivity (Wildman–Crippen MR) is 77.9 cm³/mol. The Morgan fingerprint density at radius 1 is 1.27 bits per heavy atom. The van der Waals surface area contributed by atoms with Gasteiger partial charge in [0.2, 0.25) is 0 Å². The fraction of sp³-hybridized carbons (Fsp3) is 0.923. The van der Waals surface area contributed by atoms with E-state index >= 15 is 0 Å². The van der Waals surface area contributed by atoms with E-state index in [1.165, 1.54) is 37.2 Å². The molecule has 2 heteroatoms. The fourth-order valence-electron chi connectivity index (χ4n) is 1.40. The number of hydrogen-bond donors (Lipinski definition) is 0. The summed E-state index contributed by atoms with van der Waals surface area (Å²) in [5, 5.41) is 0.875. The molecule has 0 saturated heterocycles. The lowest BCUT2D eigenvalue weighted by Crippen LogP contribution is -2.07. The quantitative estimate of drug-likeness (QED) is 0.504. The van der Waals surface area contributed by atoms with Crippen molar-refractivity contribution < 1.29 is 0 Å². The highest BCUT2D eigenvalue weighted by atomic mass is 32.2. The molecule has 0 rings (SSSR count). The maximum atomic E-state index is 2.46. The summed E-state index contributed by atoms with van der Waals surface area (Å²) in [5.41, 5.74) is 0. The van der Waals surface area contributed by atoms with E-state index in [-0.39, 0.29) is 0 Å². The van der Waals surface area contributed by atoms with Gasteiger partial charge in [-0.3, -0.25) is 0 Å². The highest BCUT2D eigenvalue weighted by Gasteiger charge is 2.09. The van der Waals surface area contributed by atoms with Crippen molar-refractivity contribution in [3.8, 4) is 0 Å². The highest BCUT2D eigenvalue weighted by molar-refractivity contribution is 8.00. The van der Waals surface area contributed by atoms with Crippen LogP contribution < -0.4 is 0 Å². The van der Waals surface area contributed by atoms with Gasteiger partial charge >= 0.3 is 0 Å². The average Bonchev–Trinajstić information content (AvgIpc) is 2.21. The molecule has 0 aliphatic rings. The van der Waals surface area contributed by atoms with Crippen molar-refractivity contribution in [1.29, 1.82) is 0 Å². The molecule has 0 saturated carbocycles. The van der Waals surface area contributed by atoms with Crippen LogP contribution in [0.1, 0.15) is 46.5 Å². The summed E-state index contributed by atoms with van der Waals surface area (Å²) in [5.74, 6) is 3.37. The van der Waals surface area contributed by atoms with E-state index < -0.39 is 0 Å². The van der Waals surface area contributed by atoms with E-state index in [0.717, 1.165) is 11.2 Å². The van der Waals surface area contributed by atoms with Crippen molar-refractivity contribution in [2.24, 2.45) is 5.92 Å². The molecule has 91 valence electrons. The molecule has 0 aromatic heterocycles. The summed E-state index contributed by atoms with van der Waals surface area (Å²) in [4.78, 5) is 0. The molecule has 15 heavy (non-hydrogen) atoms. The molecular formula is C13H27S2. The van der Waals surface area contributed by atoms with Crippen LogP contribution >= 0.6 is 23.5 Å². The van der Waals surface area contributed by atoms with Crippen LogP contribution in [-0.4, -0.2) is 23.0 Å². The lowest BCUT2D eigenvalue weighted by molar-refractivity contribution is 0.671. The third-order valence-corrected chi connectivity index (χ3v) is 4.59.